The summed E-state index contributed by atoms with van der Waals surface area (Å²) >= 11 is 0. The van der Waals surface area contributed by atoms with Crippen molar-refractivity contribution in [2.75, 3.05) is 26.2 Å². The van der Waals surface area contributed by atoms with Crippen molar-refractivity contribution in [3.8, 4) is 0 Å². The van der Waals surface area contributed by atoms with E-state index in [1.165, 1.54) is 9.80 Å². The van der Waals surface area contributed by atoms with Crippen LogP contribution in [0.25, 0.3) is 0 Å². The molecule has 0 spiro atoms. The van der Waals surface area contributed by atoms with Crippen LogP contribution in [0.3, 0.4) is 0 Å². The van der Waals surface area contributed by atoms with Crippen LogP contribution in [0.4, 0.5) is 9.59 Å². The zero-order valence-corrected chi connectivity index (χ0v) is 19.3. The minimum atomic E-state index is -0.938. The van der Waals surface area contributed by atoms with E-state index in [9.17, 15) is 19.2 Å². The molecule has 0 unspecified atom stereocenters. The molecular weight excluding hydrogens is 440 g/mol. The third-order valence-corrected chi connectivity index (χ3v) is 5.38. The maximum atomic E-state index is 13.0. The first-order valence-electron chi connectivity index (χ1n) is 11.1. The highest BCUT2D eigenvalue weighted by molar-refractivity contribution is 5.87. The maximum Gasteiger partial charge on any atom is 0.410 e. The smallest absolute Gasteiger partial charge is 0.410 e. The number of carbonyl (C=O) groups excluding carboxylic acids is 4. The molecule has 2 aliphatic heterocycles. The lowest BCUT2D eigenvalue weighted by Crippen LogP contribution is -2.62. The lowest BCUT2D eigenvalue weighted by Gasteiger charge is -2.40. The van der Waals surface area contributed by atoms with E-state index in [1.54, 1.807) is 20.8 Å². The third kappa shape index (κ3) is 7.64. The molecule has 1 aromatic carbocycles. The molecule has 0 saturated carbocycles. The standard InChI is InChI=1S/C23H32N4O6.CH4/c1-23(2,3)33-21(30)26-11-12-27(22(31)32-15-16-7-5-4-6-8-16)18(14-26)20(29)24-13-17-9-10-19(28)25-17;/h4-8,17-18H,9-15H2,1-3H3,(H,24,29)(H,25,28);1H4/t17-,18+;/m0./s1. The summed E-state index contributed by atoms with van der Waals surface area (Å²) < 4.78 is 10.9. The normalized spacial score (nSPS) is 20.1. The van der Waals surface area contributed by atoms with E-state index < -0.39 is 29.7 Å². The van der Waals surface area contributed by atoms with Crippen LogP contribution in [0.1, 0.15) is 46.6 Å². The number of benzene rings is 1. The van der Waals surface area contributed by atoms with Crippen molar-refractivity contribution in [1.82, 2.24) is 20.4 Å². The quantitative estimate of drug-likeness (QED) is 0.673. The molecule has 0 aromatic heterocycles. The van der Waals surface area contributed by atoms with Crippen molar-refractivity contribution < 1.29 is 28.7 Å². The zero-order valence-electron chi connectivity index (χ0n) is 19.3. The van der Waals surface area contributed by atoms with Crippen LogP contribution in [0.5, 0.6) is 0 Å². The second-order valence-electron chi connectivity index (χ2n) is 9.22. The number of rotatable bonds is 5. The Morgan fingerprint density at radius 2 is 1.82 bits per heavy atom. The summed E-state index contributed by atoms with van der Waals surface area (Å²) in [7, 11) is 0. The molecule has 4 amide bonds. The largest absolute Gasteiger partial charge is 0.445 e. The van der Waals surface area contributed by atoms with Gasteiger partial charge >= 0.3 is 12.2 Å². The summed E-state index contributed by atoms with van der Waals surface area (Å²) in [6, 6.07) is 8.16. The van der Waals surface area contributed by atoms with Gasteiger partial charge in [-0.25, -0.2) is 9.59 Å². The fraction of sp³-hybridized carbons (Fsp3) is 0.583. The second kappa shape index (κ2) is 11.7. The fourth-order valence-corrected chi connectivity index (χ4v) is 3.69. The van der Waals surface area contributed by atoms with Crippen molar-refractivity contribution in [2.45, 2.75) is 65.3 Å². The van der Waals surface area contributed by atoms with Gasteiger partial charge < -0.3 is 25.0 Å². The van der Waals surface area contributed by atoms with Gasteiger partial charge in [0.25, 0.3) is 0 Å². The van der Waals surface area contributed by atoms with Gasteiger partial charge in [0.1, 0.15) is 18.2 Å². The summed E-state index contributed by atoms with van der Waals surface area (Å²) in [5.41, 5.74) is 0.151. The molecule has 2 heterocycles. The monoisotopic (exact) mass is 476 g/mol. The summed E-state index contributed by atoms with van der Waals surface area (Å²) in [6.45, 7) is 5.96. The average molecular weight is 477 g/mol. The van der Waals surface area contributed by atoms with Crippen LogP contribution in [-0.4, -0.2) is 77.7 Å². The Morgan fingerprint density at radius 3 is 2.44 bits per heavy atom. The molecule has 2 N–H and O–H groups in total. The first-order valence-corrected chi connectivity index (χ1v) is 11.1. The summed E-state index contributed by atoms with van der Waals surface area (Å²) in [5, 5.41) is 5.59. The van der Waals surface area contributed by atoms with Gasteiger partial charge in [0, 0.05) is 32.1 Å². The van der Waals surface area contributed by atoms with Gasteiger partial charge in [-0.3, -0.25) is 14.5 Å². The fourth-order valence-electron chi connectivity index (χ4n) is 3.69. The van der Waals surface area contributed by atoms with Gasteiger partial charge in [0.15, 0.2) is 0 Å². The van der Waals surface area contributed by atoms with Gasteiger partial charge in [0.05, 0.1) is 6.54 Å². The Hall–Kier alpha value is -3.30. The number of amides is 4. The molecule has 1 aromatic rings. The van der Waals surface area contributed by atoms with E-state index in [4.69, 9.17) is 9.47 Å². The Balaban J connectivity index is 0.00000408. The molecule has 3 rings (SSSR count). The lowest BCUT2D eigenvalue weighted by atomic mass is 10.1. The molecule has 10 heteroatoms. The molecule has 10 nitrogen and oxygen atoms in total. The van der Waals surface area contributed by atoms with E-state index >= 15 is 0 Å². The number of hydrogen-bond acceptors (Lipinski definition) is 6. The van der Waals surface area contributed by atoms with Crippen molar-refractivity contribution in [3.05, 3.63) is 35.9 Å². The van der Waals surface area contributed by atoms with Gasteiger partial charge in [-0.2, -0.15) is 0 Å². The number of hydrogen-bond donors (Lipinski definition) is 2. The minimum absolute atomic E-state index is 0. The number of ether oxygens (including phenoxy) is 2. The SMILES string of the molecule is C.CC(C)(C)OC(=O)N1CCN(C(=O)OCc2ccccc2)[C@@H](C(=O)NC[C@@H]2CCC(=O)N2)C1. The van der Waals surface area contributed by atoms with Crippen molar-refractivity contribution in [1.29, 1.82) is 0 Å². The minimum Gasteiger partial charge on any atom is -0.445 e. The topological polar surface area (TPSA) is 117 Å². The number of piperazine rings is 1. The van der Waals surface area contributed by atoms with Crippen LogP contribution >= 0.6 is 0 Å². The lowest BCUT2D eigenvalue weighted by molar-refractivity contribution is -0.128. The molecule has 2 atom stereocenters. The van der Waals surface area contributed by atoms with E-state index in [0.29, 0.717) is 12.8 Å². The summed E-state index contributed by atoms with van der Waals surface area (Å²) in [5.74, 6) is -0.463. The average Bonchev–Trinajstić information content (AvgIpc) is 3.20. The van der Waals surface area contributed by atoms with Crippen LogP contribution in [0, 0.1) is 0 Å². The molecule has 2 fully saturated rings. The van der Waals surface area contributed by atoms with Crippen LogP contribution in [0.2, 0.25) is 0 Å². The van der Waals surface area contributed by atoms with Crippen LogP contribution < -0.4 is 10.6 Å². The molecule has 34 heavy (non-hydrogen) atoms. The predicted octanol–water partition coefficient (Wildman–Crippen LogP) is 2.28. The van der Waals surface area contributed by atoms with Gasteiger partial charge in [-0.15, -0.1) is 0 Å². The zero-order chi connectivity index (χ0) is 24.0. The molecular formula is C24H36N4O6. The summed E-state index contributed by atoms with van der Waals surface area (Å²) in [4.78, 5) is 52.6. The van der Waals surface area contributed by atoms with Crippen molar-refractivity contribution in [3.63, 3.8) is 0 Å². The highest BCUT2D eigenvalue weighted by atomic mass is 16.6. The first kappa shape index (κ1) is 26.9. The Bertz CT molecular complexity index is 870. The van der Waals surface area contributed by atoms with Gasteiger partial charge in [-0.1, -0.05) is 37.8 Å². The highest BCUT2D eigenvalue weighted by Gasteiger charge is 2.39. The molecule has 188 valence electrons. The van der Waals surface area contributed by atoms with Gasteiger partial charge in [0.2, 0.25) is 11.8 Å². The van der Waals surface area contributed by atoms with E-state index in [0.717, 1.165) is 5.56 Å². The Morgan fingerprint density at radius 1 is 1.12 bits per heavy atom. The van der Waals surface area contributed by atoms with Crippen LogP contribution in [-0.2, 0) is 25.7 Å². The first-order chi connectivity index (χ1) is 15.6. The predicted molar refractivity (Wildman–Crippen MR) is 126 cm³/mol. The summed E-state index contributed by atoms with van der Waals surface area (Å²) in [6.07, 6.45) is -0.108. The number of carbonyl (C=O) groups is 4. The molecule has 0 radical (unpaired) electrons. The van der Waals surface area contributed by atoms with E-state index in [-0.39, 0.29) is 52.2 Å². The van der Waals surface area contributed by atoms with Gasteiger partial charge in [-0.05, 0) is 32.8 Å². The van der Waals surface area contributed by atoms with E-state index in [2.05, 4.69) is 10.6 Å². The maximum absolute atomic E-state index is 13.0. The molecule has 2 saturated heterocycles. The van der Waals surface area contributed by atoms with Crippen molar-refractivity contribution >= 4 is 24.0 Å². The molecule has 0 aliphatic carbocycles. The number of nitrogens with zero attached hydrogens (tertiary/aromatic N) is 2. The third-order valence-electron chi connectivity index (χ3n) is 5.38. The molecule has 0 bridgehead atoms. The molecule has 2 aliphatic rings. The Kier molecular flexibility index (Phi) is 9.28. The van der Waals surface area contributed by atoms with Crippen LogP contribution in [0.15, 0.2) is 30.3 Å². The number of nitrogens with one attached hydrogen (secondary N) is 2. The second-order valence-corrected chi connectivity index (χ2v) is 9.22. The van der Waals surface area contributed by atoms with E-state index in [1.807, 2.05) is 30.3 Å². The highest BCUT2D eigenvalue weighted by Crippen LogP contribution is 2.17. The van der Waals surface area contributed by atoms with Crippen molar-refractivity contribution in [2.24, 2.45) is 0 Å². The Labute approximate surface area is 200 Å².